The van der Waals surface area contributed by atoms with Crippen LogP contribution in [0.1, 0.15) is 18.0 Å². The van der Waals surface area contributed by atoms with Gasteiger partial charge in [-0.1, -0.05) is 23.7 Å². The SMILES string of the molecule is O=C1CC(c2ccc(Cl)cc2)NC(=O)O1. The standard InChI is InChI=1S/C10H8ClNO3/c11-7-3-1-6(2-4-7)8-5-9(13)15-10(14)12-8/h1-4,8H,5H2,(H,12,14). The average Bonchev–Trinajstić information content (AvgIpc) is 2.17. The first kappa shape index (κ1) is 9.98. The van der Waals surface area contributed by atoms with Gasteiger partial charge in [-0.25, -0.2) is 4.79 Å². The summed E-state index contributed by atoms with van der Waals surface area (Å²) < 4.78 is 4.35. The van der Waals surface area contributed by atoms with Gasteiger partial charge in [-0.2, -0.15) is 0 Å². The minimum Gasteiger partial charge on any atom is -0.376 e. The Kier molecular flexibility index (Phi) is 2.60. The highest BCUT2D eigenvalue weighted by Crippen LogP contribution is 2.22. The van der Waals surface area contributed by atoms with E-state index in [1.54, 1.807) is 24.3 Å². The fourth-order valence-corrected chi connectivity index (χ4v) is 1.56. The summed E-state index contributed by atoms with van der Waals surface area (Å²) in [5.41, 5.74) is 0.837. The van der Waals surface area contributed by atoms with Gasteiger partial charge in [-0.05, 0) is 17.7 Å². The molecule has 1 N–H and O–H groups in total. The maximum Gasteiger partial charge on any atom is 0.415 e. The van der Waals surface area contributed by atoms with Gasteiger partial charge in [0.25, 0.3) is 0 Å². The van der Waals surface area contributed by atoms with Crippen LogP contribution in [-0.4, -0.2) is 12.1 Å². The molecule has 1 unspecified atom stereocenters. The van der Waals surface area contributed by atoms with E-state index in [2.05, 4.69) is 10.1 Å². The van der Waals surface area contributed by atoms with Gasteiger partial charge in [0, 0.05) is 5.02 Å². The Labute approximate surface area is 91.2 Å². The molecule has 1 aromatic rings. The molecule has 1 amide bonds. The normalized spacial score (nSPS) is 20.7. The number of ether oxygens (including phenoxy) is 1. The first-order valence-electron chi connectivity index (χ1n) is 4.42. The molecule has 1 atom stereocenters. The van der Waals surface area contributed by atoms with Crippen LogP contribution in [0.2, 0.25) is 5.02 Å². The van der Waals surface area contributed by atoms with Crippen molar-refractivity contribution in [2.75, 3.05) is 0 Å². The van der Waals surface area contributed by atoms with Crippen LogP contribution < -0.4 is 5.32 Å². The Bertz CT molecular complexity index is 386. The molecule has 5 heteroatoms. The van der Waals surface area contributed by atoms with E-state index in [1.807, 2.05) is 0 Å². The van der Waals surface area contributed by atoms with Crippen LogP contribution in [-0.2, 0) is 9.53 Å². The second-order valence-electron chi connectivity index (χ2n) is 3.21. The number of esters is 1. The predicted molar refractivity (Wildman–Crippen MR) is 53.4 cm³/mol. The predicted octanol–water partition coefficient (Wildman–Crippen LogP) is 2.04. The number of amides is 1. The Morgan fingerprint density at radius 3 is 2.53 bits per heavy atom. The molecule has 1 fully saturated rings. The number of nitrogens with one attached hydrogen (secondary N) is 1. The molecular weight excluding hydrogens is 218 g/mol. The number of hydrogen-bond acceptors (Lipinski definition) is 3. The van der Waals surface area contributed by atoms with Gasteiger partial charge < -0.3 is 10.1 Å². The summed E-state index contributed by atoms with van der Waals surface area (Å²) in [6, 6.07) is 6.64. The number of carbonyl (C=O) groups excluding carboxylic acids is 2. The number of benzene rings is 1. The molecular formula is C10H8ClNO3. The lowest BCUT2D eigenvalue weighted by Gasteiger charge is -2.22. The van der Waals surface area contributed by atoms with Crippen LogP contribution in [0.4, 0.5) is 4.79 Å². The number of cyclic esters (lactones) is 2. The zero-order chi connectivity index (χ0) is 10.8. The van der Waals surface area contributed by atoms with Crippen LogP contribution in [0.15, 0.2) is 24.3 Å². The van der Waals surface area contributed by atoms with Gasteiger partial charge in [0.1, 0.15) is 0 Å². The topological polar surface area (TPSA) is 55.4 Å². The molecule has 0 spiro atoms. The molecule has 1 saturated heterocycles. The summed E-state index contributed by atoms with van der Waals surface area (Å²) in [5.74, 6) is -0.515. The van der Waals surface area contributed by atoms with E-state index in [1.165, 1.54) is 0 Å². The minimum atomic E-state index is -0.703. The highest BCUT2D eigenvalue weighted by atomic mass is 35.5. The largest absolute Gasteiger partial charge is 0.415 e. The van der Waals surface area contributed by atoms with E-state index in [4.69, 9.17) is 11.6 Å². The molecule has 1 heterocycles. The molecule has 15 heavy (non-hydrogen) atoms. The third-order valence-electron chi connectivity index (χ3n) is 2.14. The average molecular weight is 226 g/mol. The zero-order valence-electron chi connectivity index (χ0n) is 7.70. The maximum absolute atomic E-state index is 11.0. The van der Waals surface area contributed by atoms with Crippen molar-refractivity contribution >= 4 is 23.7 Å². The second kappa shape index (κ2) is 3.90. The summed E-state index contributed by atoms with van der Waals surface area (Å²) in [7, 11) is 0. The first-order chi connectivity index (χ1) is 7.15. The number of rotatable bonds is 1. The van der Waals surface area contributed by atoms with Gasteiger partial charge in [0.15, 0.2) is 0 Å². The fourth-order valence-electron chi connectivity index (χ4n) is 1.43. The summed E-state index contributed by atoms with van der Waals surface area (Å²) in [4.78, 5) is 22.0. The molecule has 1 aromatic carbocycles. The van der Waals surface area contributed by atoms with Gasteiger partial charge in [0.05, 0.1) is 12.5 Å². The number of carbonyl (C=O) groups is 2. The zero-order valence-corrected chi connectivity index (χ0v) is 8.45. The summed E-state index contributed by atoms with van der Waals surface area (Å²) >= 11 is 5.73. The smallest absolute Gasteiger partial charge is 0.376 e. The molecule has 0 bridgehead atoms. The Morgan fingerprint density at radius 2 is 1.93 bits per heavy atom. The van der Waals surface area contributed by atoms with Crippen LogP contribution in [0.5, 0.6) is 0 Å². The maximum atomic E-state index is 11.0. The van der Waals surface area contributed by atoms with Gasteiger partial charge in [-0.15, -0.1) is 0 Å². The second-order valence-corrected chi connectivity index (χ2v) is 3.65. The van der Waals surface area contributed by atoms with E-state index >= 15 is 0 Å². The van der Waals surface area contributed by atoms with Gasteiger partial charge in [0.2, 0.25) is 0 Å². The van der Waals surface area contributed by atoms with Crippen molar-refractivity contribution in [3.05, 3.63) is 34.9 Å². The Morgan fingerprint density at radius 1 is 1.27 bits per heavy atom. The van der Waals surface area contributed by atoms with Crippen molar-refractivity contribution in [2.45, 2.75) is 12.5 Å². The number of halogens is 1. The molecule has 2 rings (SSSR count). The van der Waals surface area contributed by atoms with Crippen molar-refractivity contribution in [3.8, 4) is 0 Å². The highest BCUT2D eigenvalue weighted by Gasteiger charge is 2.26. The third kappa shape index (κ3) is 2.27. The van der Waals surface area contributed by atoms with Crippen molar-refractivity contribution < 1.29 is 14.3 Å². The van der Waals surface area contributed by atoms with Crippen molar-refractivity contribution in [3.63, 3.8) is 0 Å². The summed E-state index contributed by atoms with van der Waals surface area (Å²) in [6.07, 6.45) is -0.556. The highest BCUT2D eigenvalue weighted by molar-refractivity contribution is 6.30. The van der Waals surface area contributed by atoms with Gasteiger partial charge in [-0.3, -0.25) is 4.79 Å². The summed E-state index contributed by atoms with van der Waals surface area (Å²) in [6.45, 7) is 0. The van der Waals surface area contributed by atoms with Crippen LogP contribution in [0.3, 0.4) is 0 Å². The molecule has 4 nitrogen and oxygen atoms in total. The van der Waals surface area contributed by atoms with E-state index in [9.17, 15) is 9.59 Å². The molecule has 1 aliphatic heterocycles. The quantitative estimate of drug-likeness (QED) is 0.588. The van der Waals surface area contributed by atoms with Crippen LogP contribution >= 0.6 is 11.6 Å². The lowest BCUT2D eigenvalue weighted by atomic mass is 10.0. The van der Waals surface area contributed by atoms with E-state index in [0.29, 0.717) is 5.02 Å². The third-order valence-corrected chi connectivity index (χ3v) is 2.39. The molecule has 0 radical (unpaired) electrons. The monoisotopic (exact) mass is 225 g/mol. The molecule has 0 saturated carbocycles. The minimum absolute atomic E-state index is 0.146. The number of hydrogen-bond donors (Lipinski definition) is 1. The molecule has 0 aromatic heterocycles. The van der Waals surface area contributed by atoms with E-state index in [0.717, 1.165) is 5.56 Å². The fraction of sp³-hybridized carbons (Fsp3) is 0.200. The van der Waals surface area contributed by atoms with Crippen molar-refractivity contribution in [1.29, 1.82) is 0 Å². The van der Waals surface area contributed by atoms with Crippen LogP contribution in [0.25, 0.3) is 0 Å². The Balaban J connectivity index is 2.19. The van der Waals surface area contributed by atoms with E-state index < -0.39 is 12.1 Å². The molecule has 1 aliphatic rings. The van der Waals surface area contributed by atoms with Crippen molar-refractivity contribution in [1.82, 2.24) is 5.32 Å². The first-order valence-corrected chi connectivity index (χ1v) is 4.79. The summed E-state index contributed by atoms with van der Waals surface area (Å²) in [5, 5.41) is 3.17. The Hall–Kier alpha value is -1.55. The van der Waals surface area contributed by atoms with Crippen molar-refractivity contribution in [2.24, 2.45) is 0 Å². The van der Waals surface area contributed by atoms with E-state index in [-0.39, 0.29) is 12.5 Å². The lowest BCUT2D eigenvalue weighted by Crippen LogP contribution is -2.38. The molecule has 0 aliphatic carbocycles. The number of alkyl carbamates (subject to hydrolysis) is 1. The van der Waals surface area contributed by atoms with Crippen LogP contribution in [0, 0.1) is 0 Å². The lowest BCUT2D eigenvalue weighted by molar-refractivity contribution is -0.140. The van der Waals surface area contributed by atoms with Gasteiger partial charge >= 0.3 is 12.1 Å². The molecule has 78 valence electrons.